The molecule has 1 aromatic heterocycles. The van der Waals surface area contributed by atoms with E-state index in [4.69, 9.17) is 31.6 Å². The molecule has 9 nitrogen and oxygen atoms in total. The molecule has 0 aliphatic carbocycles. The third-order valence-electron chi connectivity index (χ3n) is 7.00. The number of hydrogen-bond donors (Lipinski definition) is 0. The fourth-order valence-corrected chi connectivity index (χ4v) is 5.92. The molecule has 1 fully saturated rings. The Kier molecular flexibility index (Phi) is 8.91. The van der Waals surface area contributed by atoms with Crippen molar-refractivity contribution in [3.63, 3.8) is 0 Å². The van der Waals surface area contributed by atoms with Gasteiger partial charge in [0.2, 0.25) is 6.23 Å². The summed E-state index contributed by atoms with van der Waals surface area (Å²) in [5.41, 5.74) is -4.66. The van der Waals surface area contributed by atoms with Crippen molar-refractivity contribution in [3.8, 4) is 11.9 Å². The molecule has 1 saturated heterocycles. The minimum absolute atomic E-state index is 0.0216. The Labute approximate surface area is 205 Å². The normalized spacial score (nSPS) is 22.3. The van der Waals surface area contributed by atoms with Gasteiger partial charge in [-0.15, -0.1) is 0 Å². The maximum Gasteiger partial charge on any atom is 0.504 e. The molecule has 14 heteroatoms. The summed E-state index contributed by atoms with van der Waals surface area (Å²) in [5, 5.41) is 0.185. The van der Waals surface area contributed by atoms with Crippen molar-refractivity contribution in [2.45, 2.75) is 90.0 Å². The minimum atomic E-state index is -6.09. The first-order chi connectivity index (χ1) is 15.8. The van der Waals surface area contributed by atoms with Crippen LogP contribution in [-0.2, 0) is 19.3 Å². The number of ether oxygens (including phenoxy) is 3. The second kappa shape index (κ2) is 10.5. The topological polar surface area (TPSA) is 111 Å². The molecule has 0 saturated carbocycles. The minimum Gasteiger partial charge on any atom is -0.741 e. The quantitative estimate of drug-likeness (QED) is 0.220. The molecule has 3 heterocycles. The van der Waals surface area contributed by atoms with Crippen molar-refractivity contribution in [2.75, 3.05) is 13.2 Å². The molecule has 0 N–H and O–H groups in total. The monoisotopic (exact) mass is 544 g/mol. The second-order valence-corrected chi connectivity index (χ2v) is 15.9. The molecule has 0 radical (unpaired) electrons. The lowest BCUT2D eigenvalue weighted by molar-refractivity contribution is -0.769. The Hall–Kier alpha value is -1.48. The van der Waals surface area contributed by atoms with Gasteiger partial charge in [0, 0.05) is 4.98 Å². The zero-order valence-electron chi connectivity index (χ0n) is 21.3. The van der Waals surface area contributed by atoms with Crippen LogP contribution in [0.3, 0.4) is 0 Å². The fourth-order valence-electron chi connectivity index (χ4n) is 3.58. The van der Waals surface area contributed by atoms with Gasteiger partial charge < -0.3 is 23.2 Å². The summed E-state index contributed by atoms with van der Waals surface area (Å²) >= 11 is 0. The maximum absolute atomic E-state index is 10.7. The lowest BCUT2D eigenvalue weighted by atomic mass is 9.99. The average Bonchev–Trinajstić information content (AvgIpc) is 3.04. The highest BCUT2D eigenvalue weighted by Crippen LogP contribution is 2.45. The summed E-state index contributed by atoms with van der Waals surface area (Å²) in [6.45, 7) is 18.9. The Morgan fingerprint density at radius 3 is 2.37 bits per heavy atom. The predicted molar refractivity (Wildman–Crippen MR) is 121 cm³/mol. The van der Waals surface area contributed by atoms with Crippen LogP contribution in [-0.4, -0.2) is 57.2 Å². The van der Waals surface area contributed by atoms with E-state index in [1.165, 1.54) is 0 Å². The van der Waals surface area contributed by atoms with Gasteiger partial charge in [0.05, 0.1) is 25.2 Å². The van der Waals surface area contributed by atoms with E-state index in [0.717, 1.165) is 12.0 Å². The van der Waals surface area contributed by atoms with E-state index in [-0.39, 0.29) is 23.5 Å². The van der Waals surface area contributed by atoms with Gasteiger partial charge in [-0.1, -0.05) is 27.7 Å². The van der Waals surface area contributed by atoms with E-state index >= 15 is 0 Å². The summed E-state index contributed by atoms with van der Waals surface area (Å²) in [6.07, 6.45) is 2.71. The molecule has 2 bridgehead atoms. The molecule has 2 aliphatic rings. The largest absolute Gasteiger partial charge is 0.741 e. The van der Waals surface area contributed by atoms with Crippen molar-refractivity contribution in [2.24, 2.45) is 5.92 Å². The van der Waals surface area contributed by atoms with Gasteiger partial charge >= 0.3 is 17.4 Å². The lowest BCUT2D eigenvalue weighted by Gasteiger charge is -2.43. The molecule has 3 rings (SSSR count). The molecule has 35 heavy (non-hydrogen) atoms. The number of rotatable bonds is 7. The SMILES string of the molecule is CCOc1nc2[n+](cc1C)[C@H]1C[C@H](O2)[C@@H](CO[Si](C)(C)C(C)(C)C(C)C)O1.O=S(=O)([O-])C(F)(F)F. The Bertz CT molecular complexity index is 1000. The maximum atomic E-state index is 10.7. The molecular weight excluding hydrogens is 509 g/mol. The number of halogens is 3. The number of fused-ring (bicyclic) bond motifs is 4. The Morgan fingerprint density at radius 1 is 1.31 bits per heavy atom. The fraction of sp³-hybridized carbons (Fsp3) is 0.810. The first-order valence-electron chi connectivity index (χ1n) is 11.4. The standard InChI is InChI=1S/C20H35N2O4Si.CHF3O3S/c1-9-23-18-14(4)11-22-17-10-15(26-19(22)21-18)16(25-17)12-24-27(7,8)20(5,6)13(2)3;2-1(3,4)8(5,6)7/h11,13,15-17H,9-10,12H2,1-8H3;(H,5,6,7)/q+1;/p-1/t15-,16+,17+;/m0./s1. The van der Waals surface area contributed by atoms with Crippen molar-refractivity contribution in [1.82, 2.24) is 4.98 Å². The third-order valence-corrected chi connectivity index (χ3v) is 12.1. The van der Waals surface area contributed by atoms with Crippen molar-refractivity contribution >= 4 is 18.4 Å². The number of aromatic nitrogens is 2. The molecule has 0 aromatic carbocycles. The van der Waals surface area contributed by atoms with Crippen molar-refractivity contribution in [1.29, 1.82) is 0 Å². The second-order valence-electron chi connectivity index (χ2n) is 9.97. The Morgan fingerprint density at radius 2 is 1.89 bits per heavy atom. The van der Waals surface area contributed by atoms with E-state index in [1.54, 1.807) is 0 Å². The van der Waals surface area contributed by atoms with Gasteiger partial charge in [0.1, 0.15) is 18.4 Å². The van der Waals surface area contributed by atoms with Crippen LogP contribution in [0.4, 0.5) is 13.2 Å². The van der Waals surface area contributed by atoms with Gasteiger partial charge in [-0.25, -0.2) is 8.42 Å². The van der Waals surface area contributed by atoms with Gasteiger partial charge in [-0.2, -0.15) is 17.7 Å². The highest BCUT2D eigenvalue weighted by molar-refractivity contribution is 7.86. The van der Waals surface area contributed by atoms with Gasteiger partial charge in [-0.05, 0) is 37.9 Å². The van der Waals surface area contributed by atoms with Crippen LogP contribution in [0.15, 0.2) is 6.20 Å². The van der Waals surface area contributed by atoms with E-state index in [2.05, 4.69) is 45.8 Å². The molecule has 2 aliphatic heterocycles. The average molecular weight is 545 g/mol. The predicted octanol–water partition coefficient (Wildman–Crippen LogP) is 3.83. The van der Waals surface area contributed by atoms with Crippen LogP contribution in [0.1, 0.15) is 52.8 Å². The summed E-state index contributed by atoms with van der Waals surface area (Å²) in [6, 6.07) is 0.576. The molecule has 0 amide bonds. The number of aryl methyl sites for hydroxylation is 1. The van der Waals surface area contributed by atoms with Crippen molar-refractivity contribution in [3.05, 3.63) is 11.8 Å². The summed E-state index contributed by atoms with van der Waals surface area (Å²) in [5.74, 6) is 1.20. The van der Waals surface area contributed by atoms with Crippen molar-refractivity contribution < 1.29 is 49.3 Å². The van der Waals surface area contributed by atoms with E-state index in [0.29, 0.717) is 31.0 Å². The third kappa shape index (κ3) is 6.64. The highest BCUT2D eigenvalue weighted by atomic mass is 32.2. The number of alkyl halides is 3. The summed E-state index contributed by atoms with van der Waals surface area (Å²) in [4.78, 5) is 4.56. The van der Waals surface area contributed by atoms with Gasteiger partial charge in [0.15, 0.2) is 18.4 Å². The zero-order valence-corrected chi connectivity index (χ0v) is 23.1. The van der Waals surface area contributed by atoms with Crippen LogP contribution >= 0.6 is 0 Å². The summed E-state index contributed by atoms with van der Waals surface area (Å²) in [7, 11) is -7.98. The zero-order chi connectivity index (χ0) is 27.0. The molecule has 3 atom stereocenters. The van der Waals surface area contributed by atoms with E-state index in [9.17, 15) is 13.2 Å². The number of nitrogens with zero attached hydrogens (tertiary/aromatic N) is 2. The van der Waals surface area contributed by atoms with Crippen LogP contribution < -0.4 is 14.0 Å². The lowest BCUT2D eigenvalue weighted by Crippen LogP contribution is -2.48. The first kappa shape index (κ1) is 29.7. The van der Waals surface area contributed by atoms with Gasteiger partial charge in [-0.3, -0.25) is 0 Å². The molecule has 0 unspecified atom stereocenters. The van der Waals surface area contributed by atoms with Crippen LogP contribution in [0.5, 0.6) is 11.9 Å². The Balaban J connectivity index is 0.000000466. The van der Waals surface area contributed by atoms with Crippen LogP contribution in [0.2, 0.25) is 18.1 Å². The smallest absolute Gasteiger partial charge is 0.504 e. The molecular formula is C21H35F3N2O7SSi. The molecule has 0 spiro atoms. The van der Waals surface area contributed by atoms with E-state index < -0.39 is 23.9 Å². The van der Waals surface area contributed by atoms with Crippen LogP contribution in [0.25, 0.3) is 0 Å². The first-order valence-corrected chi connectivity index (χ1v) is 15.7. The van der Waals surface area contributed by atoms with Crippen LogP contribution in [0, 0.1) is 12.8 Å². The summed E-state index contributed by atoms with van der Waals surface area (Å²) < 4.78 is 85.5. The highest BCUT2D eigenvalue weighted by Gasteiger charge is 2.50. The number of hydrogen-bond acceptors (Lipinski definition) is 8. The van der Waals surface area contributed by atoms with E-state index in [1.807, 2.05) is 24.6 Å². The molecule has 1 aromatic rings. The van der Waals surface area contributed by atoms with Gasteiger partial charge in [0.25, 0.3) is 0 Å². The molecule has 202 valence electrons.